The van der Waals surface area contributed by atoms with Crippen molar-refractivity contribution >= 4 is 0 Å². The van der Waals surface area contributed by atoms with Crippen molar-refractivity contribution in [3.8, 4) is 0 Å². The van der Waals surface area contributed by atoms with E-state index in [0.29, 0.717) is 23.4 Å². The summed E-state index contributed by atoms with van der Waals surface area (Å²) in [4.78, 5) is 0. The average Bonchev–Trinajstić information content (AvgIpc) is 2.38. The molecule has 0 aromatic carbocycles. The van der Waals surface area contributed by atoms with Crippen LogP contribution in [0, 0.1) is 17.3 Å². The molecule has 3 unspecified atom stereocenters. The van der Waals surface area contributed by atoms with Gasteiger partial charge >= 0.3 is 0 Å². The number of ether oxygens (including phenoxy) is 1. The molecular formula is C14H29NO. The normalized spacial score (nSPS) is 30.9. The van der Waals surface area contributed by atoms with Crippen LogP contribution in [0.25, 0.3) is 0 Å². The first-order valence-corrected chi connectivity index (χ1v) is 6.60. The van der Waals surface area contributed by atoms with Crippen molar-refractivity contribution in [2.24, 2.45) is 17.3 Å². The van der Waals surface area contributed by atoms with Gasteiger partial charge in [0, 0.05) is 19.2 Å². The van der Waals surface area contributed by atoms with Gasteiger partial charge in [-0.1, -0.05) is 34.6 Å². The van der Waals surface area contributed by atoms with Crippen molar-refractivity contribution in [2.45, 2.75) is 59.5 Å². The van der Waals surface area contributed by atoms with Crippen LogP contribution in [0.3, 0.4) is 0 Å². The van der Waals surface area contributed by atoms with Crippen molar-refractivity contribution in [3.05, 3.63) is 0 Å². The van der Waals surface area contributed by atoms with Crippen molar-refractivity contribution in [1.82, 2.24) is 5.32 Å². The monoisotopic (exact) mass is 227 g/mol. The second-order valence-corrected chi connectivity index (χ2v) is 6.63. The van der Waals surface area contributed by atoms with Crippen LogP contribution in [0.5, 0.6) is 0 Å². The van der Waals surface area contributed by atoms with Gasteiger partial charge in [-0.05, 0) is 30.1 Å². The molecule has 1 N–H and O–H groups in total. The molecule has 1 aliphatic rings. The van der Waals surface area contributed by atoms with Crippen LogP contribution < -0.4 is 5.32 Å². The molecule has 1 saturated carbocycles. The fourth-order valence-electron chi connectivity index (χ4n) is 3.00. The van der Waals surface area contributed by atoms with Gasteiger partial charge in [-0.2, -0.15) is 0 Å². The molecule has 0 heterocycles. The van der Waals surface area contributed by atoms with Gasteiger partial charge in [0.05, 0.1) is 6.61 Å². The lowest BCUT2D eigenvalue weighted by Gasteiger charge is -2.28. The van der Waals surface area contributed by atoms with E-state index < -0.39 is 0 Å². The molecule has 0 aromatic rings. The maximum atomic E-state index is 5.30. The average molecular weight is 227 g/mol. The number of hydrogen-bond acceptors (Lipinski definition) is 2. The second kappa shape index (κ2) is 5.50. The first-order valence-electron chi connectivity index (χ1n) is 6.60. The van der Waals surface area contributed by atoms with Gasteiger partial charge in [0.25, 0.3) is 0 Å². The Hall–Kier alpha value is -0.0800. The van der Waals surface area contributed by atoms with E-state index in [1.165, 1.54) is 12.8 Å². The third kappa shape index (κ3) is 3.74. The second-order valence-electron chi connectivity index (χ2n) is 6.63. The fraction of sp³-hybridized carbons (Fsp3) is 1.00. The summed E-state index contributed by atoms with van der Waals surface area (Å²) in [6, 6.07) is 1.16. The highest BCUT2D eigenvalue weighted by Gasteiger charge is 2.37. The number of hydrogen-bond donors (Lipinski definition) is 1. The van der Waals surface area contributed by atoms with Crippen molar-refractivity contribution in [2.75, 3.05) is 13.7 Å². The van der Waals surface area contributed by atoms with E-state index in [0.717, 1.165) is 12.5 Å². The summed E-state index contributed by atoms with van der Waals surface area (Å²) in [5, 5.41) is 3.80. The van der Waals surface area contributed by atoms with E-state index in [1.807, 2.05) is 0 Å². The van der Waals surface area contributed by atoms with Gasteiger partial charge in [-0.25, -0.2) is 0 Å². The van der Waals surface area contributed by atoms with Crippen LogP contribution in [0.1, 0.15) is 47.5 Å². The minimum Gasteiger partial charge on any atom is -0.383 e. The van der Waals surface area contributed by atoms with Gasteiger partial charge in [-0.3, -0.25) is 0 Å². The first-order chi connectivity index (χ1) is 7.35. The summed E-state index contributed by atoms with van der Waals surface area (Å²) in [7, 11) is 1.79. The molecule has 3 atom stereocenters. The molecule has 1 fully saturated rings. The summed E-state index contributed by atoms with van der Waals surface area (Å²) in [5.41, 5.74) is 0.506. The predicted molar refractivity (Wildman–Crippen MR) is 69.6 cm³/mol. The van der Waals surface area contributed by atoms with Gasteiger partial charge in [-0.15, -0.1) is 0 Å². The first kappa shape index (κ1) is 14.0. The predicted octanol–water partition coefficient (Wildman–Crippen LogP) is 3.07. The third-order valence-electron chi connectivity index (χ3n) is 3.91. The molecule has 0 saturated heterocycles. The summed E-state index contributed by atoms with van der Waals surface area (Å²) >= 11 is 0. The number of nitrogens with one attached hydrogen (secondary N) is 1. The highest BCUT2D eigenvalue weighted by Crippen LogP contribution is 2.41. The Morgan fingerprint density at radius 1 is 1.31 bits per heavy atom. The van der Waals surface area contributed by atoms with Crippen LogP contribution >= 0.6 is 0 Å². The maximum absolute atomic E-state index is 5.30. The molecule has 16 heavy (non-hydrogen) atoms. The molecule has 1 rings (SSSR count). The van der Waals surface area contributed by atoms with E-state index in [9.17, 15) is 0 Å². The summed E-state index contributed by atoms with van der Waals surface area (Å²) < 4.78 is 5.30. The van der Waals surface area contributed by atoms with Crippen LogP contribution in [0.4, 0.5) is 0 Å². The molecule has 0 radical (unpaired) electrons. The highest BCUT2D eigenvalue weighted by atomic mass is 16.5. The summed E-state index contributed by atoms with van der Waals surface area (Å²) in [6.45, 7) is 12.5. The molecule has 0 aromatic heterocycles. The molecule has 1 aliphatic carbocycles. The van der Waals surface area contributed by atoms with Gasteiger partial charge in [0.15, 0.2) is 0 Å². The molecular weight excluding hydrogens is 198 g/mol. The fourth-order valence-corrected chi connectivity index (χ4v) is 3.00. The minimum atomic E-state index is 0.492. The van der Waals surface area contributed by atoms with E-state index in [2.05, 4.69) is 39.9 Å². The Kier molecular flexibility index (Phi) is 4.81. The quantitative estimate of drug-likeness (QED) is 0.779. The molecule has 0 amide bonds. The van der Waals surface area contributed by atoms with E-state index in [4.69, 9.17) is 4.74 Å². The van der Waals surface area contributed by atoms with Gasteiger partial charge in [0.1, 0.15) is 0 Å². The standard InChI is InChI=1S/C14H29NO/c1-10(2)13(9-16-6)15-12-8-14(4,5)7-11(12)3/h10-13,15H,7-9H2,1-6H3. The Morgan fingerprint density at radius 3 is 2.31 bits per heavy atom. The Bertz CT molecular complexity index is 213. The molecule has 0 bridgehead atoms. The topological polar surface area (TPSA) is 21.3 Å². The zero-order chi connectivity index (χ0) is 12.3. The lowest BCUT2D eigenvalue weighted by molar-refractivity contribution is 0.136. The minimum absolute atomic E-state index is 0.492. The number of methoxy groups -OCH3 is 1. The zero-order valence-electron chi connectivity index (χ0n) is 11.8. The lowest BCUT2D eigenvalue weighted by atomic mass is 9.91. The van der Waals surface area contributed by atoms with Gasteiger partial charge < -0.3 is 10.1 Å². The number of rotatable bonds is 5. The Labute approximate surface area is 101 Å². The van der Waals surface area contributed by atoms with E-state index >= 15 is 0 Å². The van der Waals surface area contributed by atoms with E-state index in [1.54, 1.807) is 7.11 Å². The van der Waals surface area contributed by atoms with Crippen molar-refractivity contribution in [3.63, 3.8) is 0 Å². The smallest absolute Gasteiger partial charge is 0.0618 e. The Morgan fingerprint density at radius 2 is 1.94 bits per heavy atom. The third-order valence-corrected chi connectivity index (χ3v) is 3.91. The van der Waals surface area contributed by atoms with Crippen LogP contribution in [0.15, 0.2) is 0 Å². The molecule has 0 aliphatic heterocycles. The lowest BCUT2D eigenvalue weighted by Crippen LogP contribution is -2.45. The van der Waals surface area contributed by atoms with Crippen molar-refractivity contribution in [1.29, 1.82) is 0 Å². The van der Waals surface area contributed by atoms with E-state index in [-0.39, 0.29) is 0 Å². The van der Waals surface area contributed by atoms with Crippen LogP contribution in [-0.4, -0.2) is 25.8 Å². The maximum Gasteiger partial charge on any atom is 0.0618 e. The van der Waals surface area contributed by atoms with Gasteiger partial charge in [0.2, 0.25) is 0 Å². The highest BCUT2D eigenvalue weighted by molar-refractivity contribution is 4.93. The summed E-state index contributed by atoms with van der Waals surface area (Å²) in [6.07, 6.45) is 2.63. The zero-order valence-corrected chi connectivity index (χ0v) is 11.8. The van der Waals surface area contributed by atoms with Crippen LogP contribution in [-0.2, 0) is 4.74 Å². The van der Waals surface area contributed by atoms with Crippen LogP contribution in [0.2, 0.25) is 0 Å². The summed E-state index contributed by atoms with van der Waals surface area (Å²) in [5.74, 6) is 1.42. The SMILES string of the molecule is COCC(NC1CC(C)(C)CC1C)C(C)C. The molecule has 96 valence electrons. The Balaban J connectivity index is 2.52. The largest absolute Gasteiger partial charge is 0.383 e. The molecule has 0 spiro atoms. The van der Waals surface area contributed by atoms with Crippen molar-refractivity contribution < 1.29 is 4.74 Å². The molecule has 2 heteroatoms. The molecule has 2 nitrogen and oxygen atoms in total.